The topological polar surface area (TPSA) is 70.2 Å². The molecule has 0 aliphatic carbocycles. The summed E-state index contributed by atoms with van der Waals surface area (Å²) in [6.07, 6.45) is 0. The van der Waals surface area contributed by atoms with E-state index < -0.39 is 5.66 Å². The number of hydrogen-bond acceptors (Lipinski definition) is 3. The van der Waals surface area contributed by atoms with Crippen molar-refractivity contribution in [1.82, 2.24) is 5.32 Å². The van der Waals surface area contributed by atoms with Gasteiger partial charge in [0.2, 0.25) is 5.66 Å². The van der Waals surface area contributed by atoms with Crippen LogP contribution in [0.1, 0.15) is 15.9 Å². The van der Waals surface area contributed by atoms with Crippen LogP contribution < -0.4 is 16.0 Å². The van der Waals surface area contributed by atoms with Gasteiger partial charge < -0.3 is 16.0 Å². The van der Waals surface area contributed by atoms with E-state index in [1.54, 1.807) is 36.4 Å². The lowest BCUT2D eigenvalue weighted by Gasteiger charge is -2.35. The molecule has 6 heteroatoms. The molecule has 2 heterocycles. The average molecular weight is 300 g/mol. The summed E-state index contributed by atoms with van der Waals surface area (Å²) in [4.78, 5) is 24.8. The molecule has 0 radical (unpaired) electrons. The maximum atomic E-state index is 12.4. The zero-order valence-corrected chi connectivity index (χ0v) is 11.5. The number of benzene rings is 2. The lowest BCUT2D eigenvalue weighted by Crippen LogP contribution is -2.59. The Labute approximate surface area is 125 Å². The van der Waals surface area contributed by atoms with E-state index in [2.05, 4.69) is 16.0 Å². The molecule has 3 N–H and O–H groups in total. The molecular weight excluding hydrogens is 290 g/mol. The molecule has 4 rings (SSSR count). The van der Waals surface area contributed by atoms with Crippen LogP contribution in [0, 0.1) is 0 Å². The molecule has 104 valence electrons. The van der Waals surface area contributed by atoms with Crippen LogP contribution in [0.4, 0.5) is 11.4 Å². The molecule has 5 nitrogen and oxygen atoms in total. The summed E-state index contributed by atoms with van der Waals surface area (Å²) in [7, 11) is 0. The molecule has 0 bridgehead atoms. The lowest BCUT2D eigenvalue weighted by molar-refractivity contribution is -0.120. The monoisotopic (exact) mass is 299 g/mol. The van der Waals surface area contributed by atoms with Crippen molar-refractivity contribution < 1.29 is 9.59 Å². The van der Waals surface area contributed by atoms with Crippen LogP contribution >= 0.6 is 11.6 Å². The molecule has 0 saturated carbocycles. The summed E-state index contributed by atoms with van der Waals surface area (Å²) >= 11 is 6.03. The van der Waals surface area contributed by atoms with Gasteiger partial charge in [-0.05, 0) is 30.3 Å². The molecule has 2 aliphatic heterocycles. The second-order valence-electron chi connectivity index (χ2n) is 5.02. The van der Waals surface area contributed by atoms with Crippen LogP contribution in [0.15, 0.2) is 42.5 Å². The number of fused-ring (bicyclic) bond motifs is 3. The van der Waals surface area contributed by atoms with Crippen molar-refractivity contribution in [3.63, 3.8) is 0 Å². The first-order valence-corrected chi connectivity index (χ1v) is 6.79. The highest BCUT2D eigenvalue weighted by Crippen LogP contribution is 2.40. The Morgan fingerprint density at radius 2 is 1.76 bits per heavy atom. The van der Waals surface area contributed by atoms with E-state index in [1.165, 1.54) is 0 Å². The van der Waals surface area contributed by atoms with E-state index in [1.807, 2.05) is 6.07 Å². The third kappa shape index (κ3) is 1.58. The van der Waals surface area contributed by atoms with Gasteiger partial charge in [0.1, 0.15) is 0 Å². The van der Waals surface area contributed by atoms with Crippen molar-refractivity contribution in [2.45, 2.75) is 5.66 Å². The van der Waals surface area contributed by atoms with Crippen LogP contribution in [0.5, 0.6) is 0 Å². The Hall–Kier alpha value is -2.53. The maximum absolute atomic E-state index is 12.4. The fraction of sp³-hybridized carbons (Fsp3) is 0.0667. The van der Waals surface area contributed by atoms with Gasteiger partial charge in [-0.2, -0.15) is 0 Å². The number of rotatable bonds is 0. The van der Waals surface area contributed by atoms with Gasteiger partial charge in [0.05, 0.1) is 5.56 Å². The molecule has 0 aromatic heterocycles. The van der Waals surface area contributed by atoms with Gasteiger partial charge in [0.15, 0.2) is 0 Å². The molecule has 0 saturated heterocycles. The van der Waals surface area contributed by atoms with Crippen molar-refractivity contribution in [1.29, 1.82) is 0 Å². The van der Waals surface area contributed by atoms with Crippen LogP contribution in [-0.4, -0.2) is 11.8 Å². The van der Waals surface area contributed by atoms with Crippen LogP contribution in [-0.2, 0) is 10.5 Å². The Bertz CT molecular complexity index is 805. The summed E-state index contributed by atoms with van der Waals surface area (Å²) in [6.45, 7) is 0. The minimum Gasteiger partial charge on any atom is -0.350 e. The van der Waals surface area contributed by atoms with E-state index in [9.17, 15) is 9.59 Å². The highest BCUT2D eigenvalue weighted by atomic mass is 35.5. The minimum absolute atomic E-state index is 0.299. The molecule has 2 aromatic carbocycles. The van der Waals surface area contributed by atoms with Gasteiger partial charge in [-0.3, -0.25) is 9.59 Å². The van der Waals surface area contributed by atoms with E-state index in [-0.39, 0.29) is 11.8 Å². The van der Waals surface area contributed by atoms with Gasteiger partial charge in [-0.15, -0.1) is 0 Å². The molecular formula is C15H10ClN3O2. The van der Waals surface area contributed by atoms with Gasteiger partial charge in [0.25, 0.3) is 11.8 Å². The van der Waals surface area contributed by atoms with Gasteiger partial charge in [0, 0.05) is 22.0 Å². The smallest absolute Gasteiger partial charge is 0.275 e. The van der Waals surface area contributed by atoms with E-state index in [0.29, 0.717) is 27.5 Å². The number of carbonyl (C=O) groups is 2. The van der Waals surface area contributed by atoms with Crippen LogP contribution in [0.3, 0.4) is 0 Å². The summed E-state index contributed by atoms with van der Waals surface area (Å²) in [5, 5.41) is 9.15. The molecule has 1 unspecified atom stereocenters. The number of carbonyl (C=O) groups excluding carboxylic acids is 2. The Morgan fingerprint density at radius 3 is 2.62 bits per heavy atom. The number of anilines is 2. The van der Waals surface area contributed by atoms with E-state index in [4.69, 9.17) is 11.6 Å². The number of para-hydroxylation sites is 1. The number of hydrogen-bond donors (Lipinski definition) is 3. The minimum atomic E-state index is -1.31. The Balaban J connectivity index is 1.93. The highest BCUT2D eigenvalue weighted by Gasteiger charge is 2.51. The SMILES string of the molecule is O=C1NC2(Nc3ccccc31)C(=O)Nc1ccc(Cl)cc12. The predicted molar refractivity (Wildman–Crippen MR) is 79.3 cm³/mol. The second-order valence-corrected chi connectivity index (χ2v) is 5.46. The van der Waals surface area contributed by atoms with Gasteiger partial charge >= 0.3 is 0 Å². The summed E-state index contributed by atoms with van der Waals surface area (Å²) in [5.41, 5.74) is 1.06. The highest BCUT2D eigenvalue weighted by molar-refractivity contribution is 6.31. The van der Waals surface area contributed by atoms with Crippen molar-refractivity contribution in [2.75, 3.05) is 10.6 Å². The van der Waals surface area contributed by atoms with E-state index >= 15 is 0 Å². The first-order chi connectivity index (χ1) is 10.1. The van der Waals surface area contributed by atoms with Crippen molar-refractivity contribution in [2.24, 2.45) is 0 Å². The Kier molecular flexibility index (Phi) is 2.32. The third-order valence-corrected chi connectivity index (χ3v) is 4.00. The van der Waals surface area contributed by atoms with Crippen LogP contribution in [0.25, 0.3) is 0 Å². The fourth-order valence-corrected chi connectivity index (χ4v) is 2.96. The number of amides is 2. The second kappa shape index (κ2) is 3.99. The van der Waals surface area contributed by atoms with E-state index in [0.717, 1.165) is 0 Å². The van der Waals surface area contributed by atoms with Crippen molar-refractivity contribution in [3.8, 4) is 0 Å². The van der Waals surface area contributed by atoms with Gasteiger partial charge in [-0.1, -0.05) is 23.7 Å². The predicted octanol–water partition coefficient (Wildman–Crippen LogP) is 2.30. The average Bonchev–Trinajstić information content (AvgIpc) is 2.72. The summed E-state index contributed by atoms with van der Waals surface area (Å²) in [5.74, 6) is -0.630. The quantitative estimate of drug-likeness (QED) is 0.699. The molecule has 0 fully saturated rings. The third-order valence-electron chi connectivity index (χ3n) is 3.77. The molecule has 2 aromatic rings. The standard InChI is InChI=1S/C15H10ClN3O2/c16-8-5-6-12-10(7-8)15(14(21)17-12)18-11-4-2-1-3-9(11)13(20)19-15/h1-7,18H,(H,17,21)(H,19,20). The Morgan fingerprint density at radius 1 is 0.952 bits per heavy atom. The van der Waals surface area contributed by atoms with Gasteiger partial charge in [-0.25, -0.2) is 0 Å². The normalized spacial score (nSPS) is 22.1. The summed E-state index contributed by atoms with van der Waals surface area (Å²) < 4.78 is 0. The van der Waals surface area contributed by atoms with Crippen LogP contribution in [0.2, 0.25) is 5.02 Å². The molecule has 1 spiro atoms. The first kappa shape index (κ1) is 12.2. The number of halogens is 1. The zero-order chi connectivity index (χ0) is 14.6. The molecule has 21 heavy (non-hydrogen) atoms. The molecule has 2 aliphatic rings. The summed E-state index contributed by atoms with van der Waals surface area (Å²) in [6, 6.07) is 12.1. The largest absolute Gasteiger partial charge is 0.350 e. The first-order valence-electron chi connectivity index (χ1n) is 6.41. The number of nitrogens with one attached hydrogen (secondary N) is 3. The molecule has 1 atom stereocenters. The lowest BCUT2D eigenvalue weighted by atomic mass is 9.95. The fourth-order valence-electron chi connectivity index (χ4n) is 2.78. The van der Waals surface area contributed by atoms with Crippen molar-refractivity contribution in [3.05, 3.63) is 58.6 Å². The molecule has 2 amide bonds. The zero-order valence-electron chi connectivity index (χ0n) is 10.7. The van der Waals surface area contributed by atoms with Crippen molar-refractivity contribution >= 4 is 34.8 Å². The maximum Gasteiger partial charge on any atom is 0.275 e.